The maximum absolute atomic E-state index is 12.2. The van der Waals surface area contributed by atoms with Crippen LogP contribution in [0.3, 0.4) is 0 Å². The van der Waals surface area contributed by atoms with E-state index < -0.39 is 16.1 Å². The highest BCUT2D eigenvalue weighted by Crippen LogP contribution is 2.22. The number of anilines is 2. The number of sulfonamides is 1. The number of nitrogens with one attached hydrogen (secondary N) is 2. The van der Waals surface area contributed by atoms with Gasteiger partial charge in [0.15, 0.2) is 6.10 Å². The predicted octanol–water partition coefficient (Wildman–Crippen LogP) is 2.46. The van der Waals surface area contributed by atoms with Gasteiger partial charge in [0.1, 0.15) is 5.75 Å². The van der Waals surface area contributed by atoms with Crippen LogP contribution in [0.15, 0.2) is 54.6 Å². The van der Waals surface area contributed by atoms with E-state index in [4.69, 9.17) is 4.74 Å². The molecular formula is C16H18N2O4S. The number of carbonyl (C=O) groups excluding carboxylic acids is 1. The zero-order valence-corrected chi connectivity index (χ0v) is 13.6. The molecule has 6 nitrogen and oxygen atoms in total. The molecule has 7 heteroatoms. The van der Waals surface area contributed by atoms with E-state index in [9.17, 15) is 13.2 Å². The number of para-hydroxylation sites is 3. The Bertz CT molecular complexity index is 776. The number of hydrogen-bond acceptors (Lipinski definition) is 4. The van der Waals surface area contributed by atoms with Crippen molar-refractivity contribution >= 4 is 27.3 Å². The summed E-state index contributed by atoms with van der Waals surface area (Å²) in [6.07, 6.45) is 0.316. The van der Waals surface area contributed by atoms with Gasteiger partial charge in [-0.15, -0.1) is 0 Å². The smallest absolute Gasteiger partial charge is 0.265 e. The van der Waals surface area contributed by atoms with E-state index in [-0.39, 0.29) is 5.91 Å². The van der Waals surface area contributed by atoms with Crippen LogP contribution in [0.25, 0.3) is 0 Å². The molecule has 122 valence electrons. The average Bonchev–Trinajstić information content (AvgIpc) is 2.48. The molecule has 2 aromatic carbocycles. The van der Waals surface area contributed by atoms with Crippen LogP contribution in [-0.4, -0.2) is 26.7 Å². The largest absolute Gasteiger partial charge is 0.481 e. The van der Waals surface area contributed by atoms with E-state index in [0.717, 1.165) is 6.26 Å². The normalized spacial score (nSPS) is 12.3. The van der Waals surface area contributed by atoms with Gasteiger partial charge in [-0.1, -0.05) is 30.3 Å². The highest BCUT2D eigenvalue weighted by Gasteiger charge is 2.17. The van der Waals surface area contributed by atoms with Gasteiger partial charge in [0.05, 0.1) is 17.6 Å². The van der Waals surface area contributed by atoms with Crippen molar-refractivity contribution < 1.29 is 17.9 Å². The Kier molecular flexibility index (Phi) is 5.23. The van der Waals surface area contributed by atoms with Crippen LogP contribution in [0.4, 0.5) is 11.4 Å². The fourth-order valence-corrected chi connectivity index (χ4v) is 2.45. The van der Waals surface area contributed by atoms with Crippen LogP contribution < -0.4 is 14.8 Å². The Balaban J connectivity index is 2.08. The lowest BCUT2D eigenvalue weighted by Gasteiger charge is -2.16. The Morgan fingerprint density at radius 1 is 1.00 bits per heavy atom. The molecule has 0 saturated carbocycles. The molecule has 0 radical (unpaired) electrons. The Labute approximate surface area is 135 Å². The van der Waals surface area contributed by atoms with E-state index >= 15 is 0 Å². The van der Waals surface area contributed by atoms with E-state index in [2.05, 4.69) is 10.0 Å². The molecule has 0 aromatic heterocycles. The highest BCUT2D eigenvalue weighted by atomic mass is 32.2. The summed E-state index contributed by atoms with van der Waals surface area (Å²) in [7, 11) is -3.44. The first-order chi connectivity index (χ1) is 10.8. The molecule has 1 amide bonds. The molecule has 0 heterocycles. The van der Waals surface area contributed by atoms with Crippen molar-refractivity contribution in [1.82, 2.24) is 0 Å². The second-order valence-electron chi connectivity index (χ2n) is 4.98. The van der Waals surface area contributed by atoms with Crippen molar-refractivity contribution in [3.63, 3.8) is 0 Å². The number of hydrogen-bond donors (Lipinski definition) is 2. The summed E-state index contributed by atoms with van der Waals surface area (Å²) in [5.41, 5.74) is 0.668. The molecule has 2 rings (SSSR count). The lowest BCUT2D eigenvalue weighted by atomic mass is 10.2. The van der Waals surface area contributed by atoms with Gasteiger partial charge in [-0.3, -0.25) is 9.52 Å². The van der Waals surface area contributed by atoms with Crippen molar-refractivity contribution in [1.29, 1.82) is 0 Å². The highest BCUT2D eigenvalue weighted by molar-refractivity contribution is 7.92. The minimum atomic E-state index is -3.44. The number of benzene rings is 2. The van der Waals surface area contributed by atoms with E-state index in [0.29, 0.717) is 17.1 Å². The third kappa shape index (κ3) is 5.30. The van der Waals surface area contributed by atoms with Crippen LogP contribution in [-0.2, 0) is 14.8 Å². The molecule has 2 aromatic rings. The van der Waals surface area contributed by atoms with Gasteiger partial charge in [-0.2, -0.15) is 0 Å². The molecule has 23 heavy (non-hydrogen) atoms. The molecule has 0 aliphatic rings. The van der Waals surface area contributed by atoms with Crippen molar-refractivity contribution in [2.45, 2.75) is 13.0 Å². The van der Waals surface area contributed by atoms with Gasteiger partial charge in [0.25, 0.3) is 5.91 Å². The SMILES string of the molecule is CC(Oc1ccccc1)C(=O)Nc1ccccc1NS(C)(=O)=O. The number of amides is 1. The van der Waals surface area contributed by atoms with Gasteiger partial charge < -0.3 is 10.1 Å². The second kappa shape index (κ2) is 7.15. The summed E-state index contributed by atoms with van der Waals surface area (Å²) in [6, 6.07) is 15.5. The average molecular weight is 334 g/mol. The van der Waals surface area contributed by atoms with Crippen molar-refractivity contribution in [2.75, 3.05) is 16.3 Å². The quantitative estimate of drug-likeness (QED) is 0.850. The third-order valence-corrected chi connectivity index (χ3v) is 3.50. The summed E-state index contributed by atoms with van der Waals surface area (Å²) in [6.45, 7) is 1.62. The van der Waals surface area contributed by atoms with E-state index in [1.54, 1.807) is 43.3 Å². The van der Waals surface area contributed by atoms with Crippen molar-refractivity contribution in [2.24, 2.45) is 0 Å². The van der Waals surface area contributed by atoms with Crippen LogP contribution >= 0.6 is 0 Å². The third-order valence-electron chi connectivity index (χ3n) is 2.91. The molecule has 1 unspecified atom stereocenters. The molecule has 0 bridgehead atoms. The monoisotopic (exact) mass is 334 g/mol. The summed E-state index contributed by atoms with van der Waals surface area (Å²) >= 11 is 0. The minimum Gasteiger partial charge on any atom is -0.481 e. The number of ether oxygens (including phenoxy) is 1. The summed E-state index contributed by atoms with van der Waals surface area (Å²) in [4.78, 5) is 12.2. The van der Waals surface area contributed by atoms with Gasteiger partial charge in [0, 0.05) is 0 Å². The molecular weight excluding hydrogens is 316 g/mol. The fraction of sp³-hybridized carbons (Fsp3) is 0.188. The molecule has 0 aliphatic heterocycles. The Morgan fingerprint density at radius 3 is 2.17 bits per heavy atom. The molecule has 1 atom stereocenters. The van der Waals surface area contributed by atoms with Crippen molar-refractivity contribution in [3.05, 3.63) is 54.6 Å². The summed E-state index contributed by atoms with van der Waals surface area (Å²) < 4.78 is 30.6. The van der Waals surface area contributed by atoms with E-state index in [1.165, 1.54) is 0 Å². The van der Waals surface area contributed by atoms with Crippen LogP contribution in [0, 0.1) is 0 Å². The maximum Gasteiger partial charge on any atom is 0.265 e. The first kappa shape index (κ1) is 16.8. The summed E-state index contributed by atoms with van der Waals surface area (Å²) in [5.74, 6) is 0.203. The topological polar surface area (TPSA) is 84.5 Å². The summed E-state index contributed by atoms with van der Waals surface area (Å²) in [5, 5.41) is 2.66. The molecule has 0 spiro atoms. The Morgan fingerprint density at radius 2 is 1.57 bits per heavy atom. The lowest BCUT2D eigenvalue weighted by Crippen LogP contribution is -2.30. The number of rotatable bonds is 6. The van der Waals surface area contributed by atoms with Gasteiger partial charge in [-0.25, -0.2) is 8.42 Å². The standard InChI is InChI=1S/C16H18N2O4S/c1-12(22-13-8-4-3-5-9-13)16(19)17-14-10-6-7-11-15(14)18-23(2,20)21/h3-12,18H,1-2H3,(H,17,19). The van der Waals surface area contributed by atoms with Crippen LogP contribution in [0.1, 0.15) is 6.92 Å². The minimum absolute atomic E-state index is 0.301. The number of carbonyl (C=O) groups is 1. The van der Waals surface area contributed by atoms with Crippen molar-refractivity contribution in [3.8, 4) is 5.75 Å². The molecule has 0 aliphatic carbocycles. The lowest BCUT2D eigenvalue weighted by molar-refractivity contribution is -0.122. The molecule has 0 fully saturated rings. The Hall–Kier alpha value is -2.54. The van der Waals surface area contributed by atoms with Gasteiger partial charge in [0.2, 0.25) is 10.0 Å². The van der Waals surface area contributed by atoms with Crippen LogP contribution in [0.5, 0.6) is 5.75 Å². The van der Waals surface area contributed by atoms with Gasteiger partial charge in [-0.05, 0) is 31.2 Å². The zero-order chi connectivity index (χ0) is 16.9. The fourth-order valence-electron chi connectivity index (χ4n) is 1.87. The molecule has 2 N–H and O–H groups in total. The van der Waals surface area contributed by atoms with Gasteiger partial charge >= 0.3 is 0 Å². The molecule has 0 saturated heterocycles. The first-order valence-corrected chi connectivity index (χ1v) is 8.84. The second-order valence-corrected chi connectivity index (χ2v) is 6.73. The van der Waals surface area contributed by atoms with E-state index in [1.807, 2.05) is 18.2 Å². The zero-order valence-electron chi connectivity index (χ0n) is 12.8. The van der Waals surface area contributed by atoms with Crippen LogP contribution in [0.2, 0.25) is 0 Å². The maximum atomic E-state index is 12.2. The first-order valence-electron chi connectivity index (χ1n) is 6.94. The predicted molar refractivity (Wildman–Crippen MR) is 90.1 cm³/mol.